The molecule has 11 aromatic rings. The smallest absolute Gasteiger partial charge is 0.402 e. The first-order valence-corrected chi connectivity index (χ1v) is 19.7. The molecule has 3 aromatic heterocycles. The van der Waals surface area contributed by atoms with Crippen molar-refractivity contribution in [2.75, 3.05) is 0 Å². The zero-order chi connectivity index (χ0) is 41.2. The third-order valence-electron chi connectivity index (χ3n) is 11.2. The zero-order valence-corrected chi connectivity index (χ0v) is 34.7. The molecule has 0 aliphatic carbocycles. The largest absolute Gasteiger partial charge is 0.507 e. The molecule has 0 unspecified atom stereocenters. The van der Waals surface area contributed by atoms with Gasteiger partial charge >= 0.3 is 6.18 Å². The molecule has 302 valence electrons. The Hall–Kier alpha value is -7.28. The van der Waals surface area contributed by atoms with E-state index in [4.69, 9.17) is 14.4 Å². The van der Waals surface area contributed by atoms with Crippen LogP contribution < -0.4 is 0 Å². The first-order chi connectivity index (χ1) is 29.8. The topological polar surface area (TPSA) is 64.1 Å². The molecule has 0 radical (unpaired) electrons. The number of fused-ring (bicyclic) bond motifs is 6. The fourth-order valence-electron chi connectivity index (χ4n) is 8.45. The summed E-state index contributed by atoms with van der Waals surface area (Å²) >= 11 is 0. The molecule has 0 aliphatic heterocycles. The Morgan fingerprint density at radius 3 is 1.89 bits per heavy atom. The minimum absolute atomic E-state index is 0. The summed E-state index contributed by atoms with van der Waals surface area (Å²) in [5.41, 5.74) is 8.37. The zero-order valence-electron chi connectivity index (χ0n) is 32.5. The van der Waals surface area contributed by atoms with Crippen molar-refractivity contribution in [2.45, 2.75) is 6.18 Å². The van der Waals surface area contributed by atoms with E-state index in [9.17, 15) is 5.11 Å². The summed E-state index contributed by atoms with van der Waals surface area (Å²) in [6.07, 6.45) is -3.05. The number of benzene rings is 8. The molecule has 11 rings (SSSR count). The van der Waals surface area contributed by atoms with E-state index < -0.39 is 11.7 Å². The van der Waals surface area contributed by atoms with Gasteiger partial charge < -0.3 is 9.52 Å². The van der Waals surface area contributed by atoms with Crippen LogP contribution in [0.4, 0.5) is 13.2 Å². The van der Waals surface area contributed by atoms with E-state index >= 15 is 13.2 Å². The summed E-state index contributed by atoms with van der Waals surface area (Å²) in [5.74, 6) is 0.430. The molecule has 3 heterocycles. The van der Waals surface area contributed by atoms with Crippen molar-refractivity contribution in [2.24, 2.45) is 0 Å². The van der Waals surface area contributed by atoms with Crippen LogP contribution in [-0.2, 0) is 27.2 Å². The van der Waals surface area contributed by atoms with Crippen molar-refractivity contribution in [3.63, 3.8) is 0 Å². The molecule has 0 saturated heterocycles. The molecule has 0 saturated carbocycles. The molecule has 1 N–H and O–H groups in total. The van der Waals surface area contributed by atoms with Gasteiger partial charge in [-0.05, 0) is 82.4 Å². The molecule has 0 spiro atoms. The fourth-order valence-corrected chi connectivity index (χ4v) is 8.45. The van der Waals surface area contributed by atoms with Gasteiger partial charge in [-0.25, -0.2) is 4.98 Å². The van der Waals surface area contributed by atoms with Crippen LogP contribution >= 0.6 is 0 Å². The van der Waals surface area contributed by atoms with Crippen molar-refractivity contribution in [3.05, 3.63) is 194 Å². The van der Waals surface area contributed by atoms with Gasteiger partial charge in [0.15, 0.2) is 0 Å². The number of hydrogen-bond donors (Lipinski definition) is 1. The summed E-state index contributed by atoms with van der Waals surface area (Å²) in [6.45, 7) is 0. The van der Waals surface area contributed by atoms with Crippen molar-refractivity contribution in [1.82, 2.24) is 14.5 Å². The Morgan fingerprint density at radius 2 is 1.18 bits per heavy atom. The fraction of sp³-hybridized carbons (Fsp3) is 0.0189. The predicted molar refractivity (Wildman–Crippen MR) is 236 cm³/mol. The van der Waals surface area contributed by atoms with Gasteiger partial charge in [-0.2, -0.15) is 13.2 Å². The number of aromatic hydroxyl groups is 1. The van der Waals surface area contributed by atoms with Crippen LogP contribution in [0.3, 0.4) is 0 Å². The Bertz CT molecular complexity index is 3430. The van der Waals surface area contributed by atoms with Gasteiger partial charge in [-0.15, -0.1) is 29.3 Å². The van der Waals surface area contributed by atoms with Crippen molar-refractivity contribution in [1.29, 1.82) is 0 Å². The summed E-state index contributed by atoms with van der Waals surface area (Å²) in [5, 5.41) is 13.8. The monoisotopic (exact) mass is 993 g/mol. The van der Waals surface area contributed by atoms with Gasteiger partial charge in [-0.1, -0.05) is 120 Å². The number of imidazole rings is 1. The van der Waals surface area contributed by atoms with Crippen LogP contribution in [-0.4, -0.2) is 19.6 Å². The maximum Gasteiger partial charge on any atom is 0.402 e. The first kappa shape index (κ1) is 38.9. The third-order valence-corrected chi connectivity index (χ3v) is 11.2. The van der Waals surface area contributed by atoms with Crippen LogP contribution in [0.15, 0.2) is 187 Å². The maximum absolute atomic E-state index is 15.0. The Balaban J connectivity index is 0.00000458. The van der Waals surface area contributed by atoms with Gasteiger partial charge in [0.05, 0.1) is 16.6 Å². The number of nitrogens with zero attached hydrogens (tertiary/aromatic N) is 3. The molecule has 0 atom stereocenters. The standard InChI is InChI=1S/C53H31F3N3O2.Pt/c54-53(55,56)38-27-36(26-37(28-38)44-31-48-49(43-20-12-24-57-50(43)44)42-18-8-10-23-47(42)61-48)40-19-11-21-45-51(40)58-52(41-17-7-9-22-46(41)60)59(45)39-29-34(32-13-3-1-4-14-32)25-35(30-39)33-15-5-2-6-16-33;/h1-25,27-31,60H;/q-1;. The second kappa shape index (κ2) is 15.3. The molecule has 0 amide bonds. The Morgan fingerprint density at radius 1 is 0.548 bits per heavy atom. The molecule has 0 aliphatic rings. The molecular formula is C53H31F3N3O2Pt-. The first-order valence-electron chi connectivity index (χ1n) is 19.7. The minimum atomic E-state index is -4.69. The van der Waals surface area contributed by atoms with Gasteiger partial charge in [0, 0.05) is 54.6 Å². The number of pyridine rings is 1. The predicted octanol–water partition coefficient (Wildman–Crippen LogP) is 14.3. The molecule has 8 aromatic carbocycles. The number of hydrogen-bond acceptors (Lipinski definition) is 4. The van der Waals surface area contributed by atoms with Gasteiger partial charge in [-0.3, -0.25) is 9.55 Å². The Labute approximate surface area is 367 Å². The van der Waals surface area contributed by atoms with E-state index in [0.29, 0.717) is 50.2 Å². The second-order valence-electron chi connectivity index (χ2n) is 15.0. The van der Waals surface area contributed by atoms with E-state index in [-0.39, 0.29) is 37.9 Å². The normalized spacial score (nSPS) is 11.7. The van der Waals surface area contributed by atoms with Crippen LogP contribution in [0.1, 0.15) is 5.56 Å². The summed E-state index contributed by atoms with van der Waals surface area (Å²) in [7, 11) is 0. The summed E-state index contributed by atoms with van der Waals surface area (Å²) in [4.78, 5) is 9.89. The van der Waals surface area contributed by atoms with Crippen LogP contribution in [0, 0.1) is 6.07 Å². The molecule has 5 nitrogen and oxygen atoms in total. The molecule has 0 fully saturated rings. The SMILES string of the molecule is Oc1ccccc1-c1nc2c(-c3[c-]c(-c4cc5oc6ccccc6c5c5cccnc45)cc(C(F)(F)F)c3)cccc2n1-c1cc(-c2ccccc2)cc(-c2ccccc2)c1.[Pt]. The van der Waals surface area contributed by atoms with E-state index in [1.165, 1.54) is 0 Å². The number of furan rings is 1. The summed E-state index contributed by atoms with van der Waals surface area (Å²) in [6, 6.07) is 57.5. The van der Waals surface area contributed by atoms with Gasteiger partial charge in [0.2, 0.25) is 0 Å². The van der Waals surface area contributed by atoms with E-state index in [2.05, 4.69) is 24.3 Å². The van der Waals surface area contributed by atoms with E-state index in [1.54, 1.807) is 36.5 Å². The van der Waals surface area contributed by atoms with Crippen molar-refractivity contribution in [3.8, 4) is 67.3 Å². The molecule has 9 heteroatoms. The van der Waals surface area contributed by atoms with Crippen LogP contribution in [0.2, 0.25) is 0 Å². The third kappa shape index (κ3) is 6.64. The number of para-hydroxylation sites is 3. The molecular weight excluding hydrogens is 963 g/mol. The average Bonchev–Trinajstić information content (AvgIpc) is 3.88. The van der Waals surface area contributed by atoms with Gasteiger partial charge in [0.25, 0.3) is 0 Å². The average molecular weight is 994 g/mol. The van der Waals surface area contributed by atoms with E-state index in [0.717, 1.165) is 56.2 Å². The molecule has 0 bridgehead atoms. The maximum atomic E-state index is 15.0. The number of aromatic nitrogens is 3. The summed E-state index contributed by atoms with van der Waals surface area (Å²) < 4.78 is 53.3. The quantitative estimate of drug-likeness (QED) is 0.169. The Kier molecular flexibility index (Phi) is 9.61. The van der Waals surface area contributed by atoms with E-state index in [1.807, 2.05) is 120 Å². The number of rotatable bonds is 6. The van der Waals surface area contributed by atoms with Crippen molar-refractivity contribution < 1.29 is 43.8 Å². The van der Waals surface area contributed by atoms with Crippen molar-refractivity contribution >= 4 is 43.9 Å². The number of phenols is 1. The van der Waals surface area contributed by atoms with Gasteiger partial charge in [0.1, 0.15) is 22.7 Å². The number of phenolic OH excluding ortho intramolecular Hbond substituents is 1. The number of halogens is 3. The minimum Gasteiger partial charge on any atom is -0.507 e. The van der Waals surface area contributed by atoms with Crippen LogP contribution in [0.5, 0.6) is 5.75 Å². The number of alkyl halides is 3. The second-order valence-corrected chi connectivity index (χ2v) is 15.0. The molecule has 62 heavy (non-hydrogen) atoms. The van der Waals surface area contributed by atoms with Crippen LogP contribution in [0.25, 0.3) is 105 Å².